The summed E-state index contributed by atoms with van der Waals surface area (Å²) in [6.45, 7) is 5.88. The molecule has 0 amide bonds. The number of furan rings is 1. The minimum absolute atomic E-state index is 0.383. The van der Waals surface area contributed by atoms with Gasteiger partial charge in [0.15, 0.2) is 5.96 Å². The number of hydrogen-bond donors (Lipinski definition) is 2. The normalized spacial score (nSPS) is 11.9. The first-order chi connectivity index (χ1) is 8.72. The van der Waals surface area contributed by atoms with E-state index in [0.29, 0.717) is 6.04 Å². The minimum Gasteiger partial charge on any atom is -0.469 e. The maximum Gasteiger partial charge on any atom is 0.191 e. The van der Waals surface area contributed by atoms with Gasteiger partial charge in [-0.05, 0) is 32.2 Å². The largest absolute Gasteiger partial charge is 0.469 e. The van der Waals surface area contributed by atoms with Crippen LogP contribution >= 0.6 is 11.8 Å². The fraction of sp³-hybridized carbons (Fsp3) is 0.615. The molecule has 0 atom stereocenters. The molecule has 5 heteroatoms. The number of hydrogen-bond acceptors (Lipinski definition) is 3. The molecule has 102 valence electrons. The van der Waals surface area contributed by atoms with Crippen molar-refractivity contribution in [1.29, 1.82) is 0 Å². The molecule has 1 aromatic heterocycles. The predicted molar refractivity (Wildman–Crippen MR) is 79.4 cm³/mol. The smallest absolute Gasteiger partial charge is 0.191 e. The molecule has 0 aromatic carbocycles. The standard InChI is InChI=1S/C13H23N3OS/c1-11(2)16-13(15-8-10-18-3)14-7-6-12-5-4-9-17-12/h4-5,9,11H,6-8,10H2,1-3H3,(H2,14,15,16). The summed E-state index contributed by atoms with van der Waals surface area (Å²) in [5.74, 6) is 2.92. The Hall–Kier alpha value is -1.10. The van der Waals surface area contributed by atoms with Gasteiger partial charge in [0.1, 0.15) is 5.76 Å². The van der Waals surface area contributed by atoms with E-state index in [0.717, 1.165) is 37.0 Å². The van der Waals surface area contributed by atoms with Crippen LogP contribution in [0.1, 0.15) is 19.6 Å². The first-order valence-electron chi connectivity index (χ1n) is 6.28. The van der Waals surface area contributed by atoms with Crippen LogP contribution in [-0.2, 0) is 6.42 Å². The summed E-state index contributed by atoms with van der Waals surface area (Å²) < 4.78 is 5.29. The molecular weight excluding hydrogens is 246 g/mol. The highest BCUT2D eigenvalue weighted by molar-refractivity contribution is 7.98. The fourth-order valence-electron chi connectivity index (χ4n) is 1.43. The molecule has 0 spiro atoms. The summed E-state index contributed by atoms with van der Waals surface area (Å²) in [7, 11) is 0. The first kappa shape index (κ1) is 15.0. The Bertz CT molecular complexity index is 336. The number of aliphatic imine (C=N–C) groups is 1. The third kappa shape index (κ3) is 6.59. The van der Waals surface area contributed by atoms with Gasteiger partial charge in [0.25, 0.3) is 0 Å². The summed E-state index contributed by atoms with van der Waals surface area (Å²) >= 11 is 1.81. The lowest BCUT2D eigenvalue weighted by Gasteiger charge is -2.14. The lowest BCUT2D eigenvalue weighted by molar-refractivity contribution is 0.506. The Labute approximate surface area is 114 Å². The highest BCUT2D eigenvalue weighted by Crippen LogP contribution is 1.99. The summed E-state index contributed by atoms with van der Waals surface area (Å²) in [5, 5.41) is 6.64. The Morgan fingerprint density at radius 1 is 1.50 bits per heavy atom. The quantitative estimate of drug-likeness (QED) is 0.452. The topological polar surface area (TPSA) is 49.6 Å². The molecule has 0 radical (unpaired) electrons. The molecule has 1 aromatic rings. The fourth-order valence-corrected chi connectivity index (χ4v) is 1.71. The van der Waals surface area contributed by atoms with E-state index in [1.54, 1.807) is 18.0 Å². The number of thioether (sulfide) groups is 1. The molecule has 0 unspecified atom stereocenters. The van der Waals surface area contributed by atoms with E-state index < -0.39 is 0 Å². The van der Waals surface area contributed by atoms with Crippen molar-refractivity contribution in [3.05, 3.63) is 24.2 Å². The van der Waals surface area contributed by atoms with Crippen molar-refractivity contribution in [2.75, 3.05) is 25.1 Å². The van der Waals surface area contributed by atoms with Crippen LogP contribution in [0.3, 0.4) is 0 Å². The zero-order valence-electron chi connectivity index (χ0n) is 11.4. The molecule has 0 fully saturated rings. The molecule has 0 aliphatic carbocycles. The lowest BCUT2D eigenvalue weighted by Crippen LogP contribution is -2.42. The number of nitrogens with zero attached hydrogens (tertiary/aromatic N) is 1. The van der Waals surface area contributed by atoms with Crippen molar-refractivity contribution >= 4 is 17.7 Å². The minimum atomic E-state index is 0.383. The van der Waals surface area contributed by atoms with E-state index in [9.17, 15) is 0 Å². The first-order valence-corrected chi connectivity index (χ1v) is 7.68. The summed E-state index contributed by atoms with van der Waals surface area (Å²) in [6.07, 6.45) is 4.67. The van der Waals surface area contributed by atoms with E-state index in [1.165, 1.54) is 0 Å². The number of nitrogens with one attached hydrogen (secondary N) is 2. The van der Waals surface area contributed by atoms with Crippen molar-refractivity contribution in [2.24, 2.45) is 4.99 Å². The van der Waals surface area contributed by atoms with Crippen LogP contribution in [0.25, 0.3) is 0 Å². The van der Waals surface area contributed by atoms with Gasteiger partial charge in [-0.2, -0.15) is 11.8 Å². The van der Waals surface area contributed by atoms with Crippen LogP contribution < -0.4 is 10.6 Å². The Morgan fingerprint density at radius 3 is 2.94 bits per heavy atom. The van der Waals surface area contributed by atoms with Gasteiger partial charge in [0, 0.05) is 24.8 Å². The zero-order valence-corrected chi connectivity index (χ0v) is 12.2. The Morgan fingerprint density at radius 2 is 2.33 bits per heavy atom. The molecular formula is C13H23N3OS. The molecule has 2 N–H and O–H groups in total. The van der Waals surface area contributed by atoms with Crippen molar-refractivity contribution in [2.45, 2.75) is 26.3 Å². The molecule has 0 saturated carbocycles. The van der Waals surface area contributed by atoms with Crippen molar-refractivity contribution < 1.29 is 4.42 Å². The van der Waals surface area contributed by atoms with Crippen LogP contribution in [0.2, 0.25) is 0 Å². The third-order valence-corrected chi connectivity index (χ3v) is 2.83. The van der Waals surface area contributed by atoms with Gasteiger partial charge in [-0.15, -0.1) is 0 Å². The number of rotatable bonds is 7. The van der Waals surface area contributed by atoms with Gasteiger partial charge < -0.3 is 15.1 Å². The predicted octanol–water partition coefficient (Wildman–Crippen LogP) is 2.13. The average molecular weight is 269 g/mol. The van der Waals surface area contributed by atoms with Gasteiger partial charge in [-0.3, -0.25) is 4.99 Å². The van der Waals surface area contributed by atoms with Crippen molar-refractivity contribution in [3.63, 3.8) is 0 Å². The highest BCUT2D eigenvalue weighted by Gasteiger charge is 2.01. The summed E-state index contributed by atoms with van der Waals surface area (Å²) in [4.78, 5) is 4.52. The zero-order chi connectivity index (χ0) is 13.2. The molecule has 1 heterocycles. The maximum absolute atomic E-state index is 5.29. The lowest BCUT2D eigenvalue weighted by atomic mass is 10.3. The van der Waals surface area contributed by atoms with Gasteiger partial charge >= 0.3 is 0 Å². The van der Waals surface area contributed by atoms with E-state index in [2.05, 4.69) is 35.7 Å². The second-order valence-electron chi connectivity index (χ2n) is 4.28. The van der Waals surface area contributed by atoms with Crippen molar-refractivity contribution in [3.8, 4) is 0 Å². The summed E-state index contributed by atoms with van der Waals surface area (Å²) in [5.41, 5.74) is 0. The number of guanidine groups is 1. The van der Waals surface area contributed by atoms with E-state index in [1.807, 2.05) is 12.1 Å². The monoisotopic (exact) mass is 269 g/mol. The SMILES string of the molecule is CSCCN=C(NCCc1ccco1)NC(C)C. The second kappa shape index (κ2) is 8.91. The van der Waals surface area contributed by atoms with E-state index in [-0.39, 0.29) is 0 Å². The highest BCUT2D eigenvalue weighted by atomic mass is 32.2. The van der Waals surface area contributed by atoms with Crippen LogP contribution in [0, 0.1) is 0 Å². The molecule has 1 rings (SSSR count). The van der Waals surface area contributed by atoms with Gasteiger partial charge in [0.05, 0.1) is 12.8 Å². The molecule has 18 heavy (non-hydrogen) atoms. The van der Waals surface area contributed by atoms with Crippen LogP contribution in [-0.4, -0.2) is 37.1 Å². The second-order valence-corrected chi connectivity index (χ2v) is 5.26. The average Bonchev–Trinajstić information content (AvgIpc) is 2.81. The van der Waals surface area contributed by atoms with Gasteiger partial charge in [-0.1, -0.05) is 0 Å². The maximum atomic E-state index is 5.29. The summed E-state index contributed by atoms with van der Waals surface area (Å²) in [6, 6.07) is 4.28. The molecule has 0 aliphatic rings. The Kier molecular flexibility index (Phi) is 7.41. The van der Waals surface area contributed by atoms with Crippen LogP contribution in [0.4, 0.5) is 0 Å². The molecule has 0 bridgehead atoms. The third-order valence-electron chi connectivity index (χ3n) is 2.23. The molecule has 4 nitrogen and oxygen atoms in total. The van der Waals surface area contributed by atoms with Crippen molar-refractivity contribution in [1.82, 2.24) is 10.6 Å². The molecule has 0 aliphatic heterocycles. The molecule has 0 saturated heterocycles. The van der Waals surface area contributed by atoms with Crippen LogP contribution in [0.15, 0.2) is 27.8 Å². The van der Waals surface area contributed by atoms with E-state index in [4.69, 9.17) is 4.42 Å². The van der Waals surface area contributed by atoms with Gasteiger partial charge in [0.2, 0.25) is 0 Å². The van der Waals surface area contributed by atoms with Gasteiger partial charge in [-0.25, -0.2) is 0 Å². The Balaban J connectivity index is 2.33. The van der Waals surface area contributed by atoms with E-state index >= 15 is 0 Å². The van der Waals surface area contributed by atoms with Crippen LogP contribution in [0.5, 0.6) is 0 Å².